The highest BCUT2D eigenvalue weighted by Gasteiger charge is 2.04. The summed E-state index contributed by atoms with van der Waals surface area (Å²) in [4.78, 5) is 15.5. The Morgan fingerprint density at radius 3 is 2.61 bits per heavy atom. The number of urea groups is 1. The van der Waals surface area contributed by atoms with Gasteiger partial charge >= 0.3 is 6.03 Å². The lowest BCUT2D eigenvalue weighted by molar-refractivity contribution is 0.255. The number of hydrogen-bond donors (Lipinski definition) is 3. The van der Waals surface area contributed by atoms with Gasteiger partial charge in [-0.05, 0) is 18.2 Å². The average molecular weight is 244 g/mol. The number of carbonyl (C=O) groups excluding carboxylic acids is 1. The third-order valence-electron chi connectivity index (χ3n) is 2.01. The Labute approximate surface area is 104 Å². The van der Waals surface area contributed by atoms with E-state index in [0.717, 1.165) is 0 Å². The number of amides is 2. The van der Waals surface area contributed by atoms with Crippen LogP contribution in [0.5, 0.6) is 0 Å². The molecular formula is C12H12N4O2. The number of guanidine groups is 1. The fourth-order valence-corrected chi connectivity index (χ4v) is 1.28. The van der Waals surface area contributed by atoms with Crippen LogP contribution < -0.4 is 16.4 Å². The fraction of sp³-hybridized carbons (Fsp3) is 0. The second-order valence-electron chi connectivity index (χ2n) is 3.39. The number of carbonyl (C=O) groups is 1. The predicted molar refractivity (Wildman–Crippen MR) is 68.6 cm³/mol. The summed E-state index contributed by atoms with van der Waals surface area (Å²) in [6, 6.07) is 11.8. The standard InChI is InChI=1S/C12H12N4O2/c13-11(14-9-5-2-1-3-6-9)16-12(17)15-10-7-4-8-18-10/h1-8H,(H4,13,14,15,16,17). The molecule has 0 aliphatic heterocycles. The van der Waals surface area contributed by atoms with E-state index in [0.29, 0.717) is 11.6 Å². The zero-order valence-corrected chi connectivity index (χ0v) is 9.46. The van der Waals surface area contributed by atoms with Crippen LogP contribution in [-0.4, -0.2) is 12.0 Å². The van der Waals surface area contributed by atoms with Gasteiger partial charge in [-0.3, -0.25) is 10.6 Å². The lowest BCUT2D eigenvalue weighted by Crippen LogP contribution is -2.39. The van der Waals surface area contributed by atoms with Crippen molar-refractivity contribution in [1.82, 2.24) is 5.32 Å². The fourth-order valence-electron chi connectivity index (χ4n) is 1.28. The Morgan fingerprint density at radius 1 is 1.17 bits per heavy atom. The second kappa shape index (κ2) is 5.53. The van der Waals surface area contributed by atoms with Crippen molar-refractivity contribution < 1.29 is 9.21 Å². The monoisotopic (exact) mass is 244 g/mol. The number of aliphatic imine (C=N–C) groups is 1. The lowest BCUT2D eigenvalue weighted by Gasteiger charge is -2.04. The molecule has 0 unspecified atom stereocenters. The molecule has 0 spiro atoms. The molecular weight excluding hydrogens is 232 g/mol. The van der Waals surface area contributed by atoms with Gasteiger partial charge in [-0.1, -0.05) is 18.2 Å². The summed E-state index contributed by atoms with van der Waals surface area (Å²) in [5.74, 6) is 0.338. The molecule has 1 aromatic carbocycles. The van der Waals surface area contributed by atoms with Crippen LogP contribution in [0.25, 0.3) is 0 Å². The summed E-state index contributed by atoms with van der Waals surface area (Å²) in [7, 11) is 0. The Hall–Kier alpha value is -2.76. The van der Waals surface area contributed by atoms with Crippen molar-refractivity contribution in [3.8, 4) is 0 Å². The number of furan rings is 1. The van der Waals surface area contributed by atoms with Crippen molar-refractivity contribution in [3.05, 3.63) is 48.7 Å². The third-order valence-corrected chi connectivity index (χ3v) is 2.01. The molecule has 0 aliphatic rings. The summed E-state index contributed by atoms with van der Waals surface area (Å²) in [6.07, 6.45) is 1.46. The van der Waals surface area contributed by atoms with E-state index < -0.39 is 6.03 Å². The molecule has 92 valence electrons. The molecule has 4 N–H and O–H groups in total. The van der Waals surface area contributed by atoms with Crippen molar-refractivity contribution in [3.63, 3.8) is 0 Å². The minimum Gasteiger partial charge on any atom is -0.449 e. The first-order chi connectivity index (χ1) is 8.74. The van der Waals surface area contributed by atoms with Crippen LogP contribution in [0.1, 0.15) is 0 Å². The molecule has 1 aromatic heterocycles. The van der Waals surface area contributed by atoms with E-state index in [1.165, 1.54) is 6.26 Å². The van der Waals surface area contributed by atoms with Gasteiger partial charge < -0.3 is 10.2 Å². The largest absolute Gasteiger partial charge is 0.449 e. The van der Waals surface area contributed by atoms with E-state index in [9.17, 15) is 4.79 Å². The van der Waals surface area contributed by atoms with E-state index in [2.05, 4.69) is 15.6 Å². The molecule has 6 nitrogen and oxygen atoms in total. The molecule has 0 aliphatic carbocycles. The predicted octanol–water partition coefficient (Wildman–Crippen LogP) is 2.05. The van der Waals surface area contributed by atoms with Gasteiger partial charge in [0, 0.05) is 6.07 Å². The van der Waals surface area contributed by atoms with Crippen molar-refractivity contribution in [2.75, 3.05) is 5.32 Å². The van der Waals surface area contributed by atoms with Crippen LogP contribution in [0.2, 0.25) is 0 Å². The Morgan fingerprint density at radius 2 is 1.94 bits per heavy atom. The smallest absolute Gasteiger partial charge is 0.328 e. The highest BCUT2D eigenvalue weighted by molar-refractivity contribution is 6.01. The summed E-state index contributed by atoms with van der Waals surface area (Å²) in [6.45, 7) is 0. The van der Waals surface area contributed by atoms with Crippen LogP contribution >= 0.6 is 0 Å². The first-order valence-electron chi connectivity index (χ1n) is 5.25. The molecule has 2 amide bonds. The maximum Gasteiger partial charge on any atom is 0.328 e. The van der Waals surface area contributed by atoms with E-state index >= 15 is 0 Å². The van der Waals surface area contributed by atoms with Crippen LogP contribution in [-0.2, 0) is 0 Å². The maximum atomic E-state index is 11.5. The highest BCUT2D eigenvalue weighted by atomic mass is 16.3. The number of nitrogens with two attached hydrogens (primary N) is 1. The first-order valence-corrected chi connectivity index (χ1v) is 5.25. The van der Waals surface area contributed by atoms with Gasteiger partial charge in [-0.15, -0.1) is 0 Å². The SMILES string of the molecule is NC(=Nc1ccccc1)NC(=O)Nc1ccco1. The summed E-state index contributed by atoms with van der Waals surface area (Å²) >= 11 is 0. The zero-order valence-electron chi connectivity index (χ0n) is 9.46. The summed E-state index contributed by atoms with van der Waals surface area (Å²) < 4.78 is 4.95. The van der Waals surface area contributed by atoms with Crippen LogP contribution in [0.3, 0.4) is 0 Å². The number of nitrogens with one attached hydrogen (secondary N) is 2. The molecule has 1 heterocycles. The Kier molecular flexibility index (Phi) is 3.60. The molecule has 0 fully saturated rings. The topological polar surface area (TPSA) is 92.6 Å². The molecule has 0 bridgehead atoms. The van der Waals surface area contributed by atoms with Gasteiger partial charge in [0.1, 0.15) is 0 Å². The second-order valence-corrected chi connectivity index (χ2v) is 3.39. The van der Waals surface area contributed by atoms with Crippen molar-refractivity contribution in [2.24, 2.45) is 10.7 Å². The molecule has 6 heteroatoms. The van der Waals surface area contributed by atoms with Crippen molar-refractivity contribution in [2.45, 2.75) is 0 Å². The third kappa shape index (κ3) is 3.38. The van der Waals surface area contributed by atoms with E-state index in [-0.39, 0.29) is 5.96 Å². The van der Waals surface area contributed by atoms with Gasteiger partial charge in [0.05, 0.1) is 12.0 Å². The van der Waals surface area contributed by atoms with Crippen molar-refractivity contribution in [1.29, 1.82) is 0 Å². The molecule has 18 heavy (non-hydrogen) atoms. The van der Waals surface area contributed by atoms with Crippen LogP contribution in [0, 0.1) is 0 Å². The molecule has 2 aromatic rings. The van der Waals surface area contributed by atoms with E-state index in [1.807, 2.05) is 18.2 Å². The van der Waals surface area contributed by atoms with Crippen molar-refractivity contribution >= 4 is 23.6 Å². The minimum atomic E-state index is -0.512. The first kappa shape index (κ1) is 11.7. The van der Waals surface area contributed by atoms with Crippen LogP contribution in [0.15, 0.2) is 58.1 Å². The summed E-state index contributed by atoms with van der Waals surface area (Å²) in [5.41, 5.74) is 6.24. The van der Waals surface area contributed by atoms with Gasteiger partial charge in [-0.25, -0.2) is 9.79 Å². The molecule has 2 rings (SSSR count). The number of para-hydroxylation sites is 1. The van der Waals surface area contributed by atoms with Crippen LogP contribution in [0.4, 0.5) is 16.4 Å². The highest BCUT2D eigenvalue weighted by Crippen LogP contribution is 2.09. The van der Waals surface area contributed by atoms with Gasteiger partial charge in [-0.2, -0.15) is 0 Å². The van der Waals surface area contributed by atoms with E-state index in [1.54, 1.807) is 24.3 Å². The normalized spacial score (nSPS) is 11.0. The number of rotatable bonds is 2. The number of nitrogens with zero attached hydrogens (tertiary/aromatic N) is 1. The van der Waals surface area contributed by atoms with Gasteiger partial charge in [0.25, 0.3) is 0 Å². The molecule has 0 radical (unpaired) electrons. The number of anilines is 1. The molecule has 0 saturated carbocycles. The number of benzene rings is 1. The molecule has 0 saturated heterocycles. The number of hydrogen-bond acceptors (Lipinski definition) is 3. The van der Waals surface area contributed by atoms with E-state index in [4.69, 9.17) is 10.2 Å². The molecule has 0 atom stereocenters. The minimum absolute atomic E-state index is 0.00487. The Balaban J connectivity index is 1.93. The van der Waals surface area contributed by atoms with Gasteiger partial charge in [0.2, 0.25) is 11.8 Å². The lowest BCUT2D eigenvalue weighted by atomic mass is 10.3. The average Bonchev–Trinajstić information content (AvgIpc) is 2.82. The Bertz CT molecular complexity index is 534. The summed E-state index contributed by atoms with van der Waals surface area (Å²) in [5, 5.41) is 4.85. The van der Waals surface area contributed by atoms with Gasteiger partial charge in [0.15, 0.2) is 0 Å². The zero-order chi connectivity index (χ0) is 12.8. The quantitative estimate of drug-likeness (QED) is 0.557. The maximum absolute atomic E-state index is 11.5.